The maximum Gasteiger partial charge on any atom is 0.304 e. The first-order valence-corrected chi connectivity index (χ1v) is 19.7. The first-order chi connectivity index (χ1) is 23.3. The summed E-state index contributed by atoms with van der Waals surface area (Å²) in [5, 5.41) is 9.79. The van der Waals surface area contributed by atoms with E-state index in [1.165, 1.54) is 11.8 Å². The van der Waals surface area contributed by atoms with Crippen molar-refractivity contribution >= 4 is 43.4 Å². The fourth-order valence-corrected chi connectivity index (χ4v) is 10.4. The number of rotatable bonds is 11. The number of carbonyl (C=O) groups excluding carboxylic acids is 4. The third-order valence-corrected chi connectivity index (χ3v) is 12.4. The van der Waals surface area contributed by atoms with E-state index in [1.807, 2.05) is 86.7 Å². The zero-order valence-electron chi connectivity index (χ0n) is 28.2. The largest absolute Gasteiger partial charge is 0.441 e. The molecule has 5 atom stereocenters. The van der Waals surface area contributed by atoms with Gasteiger partial charge in [0.05, 0.1) is 37.8 Å². The van der Waals surface area contributed by atoms with E-state index in [0.29, 0.717) is 23.5 Å². The fourth-order valence-electron chi connectivity index (χ4n) is 7.88. The second kappa shape index (κ2) is 13.5. The first kappa shape index (κ1) is 34.5. The molecule has 3 aliphatic heterocycles. The number of β-lactam (4-membered cyclic amide) rings is 1. The Morgan fingerprint density at radius 2 is 1.71 bits per heavy atom. The van der Waals surface area contributed by atoms with Crippen molar-refractivity contribution < 1.29 is 38.6 Å². The summed E-state index contributed by atoms with van der Waals surface area (Å²) in [6.45, 7) is 7.30. The van der Waals surface area contributed by atoms with Crippen LogP contribution in [0.2, 0.25) is 18.6 Å². The van der Waals surface area contributed by atoms with Gasteiger partial charge in [-0.3, -0.25) is 24.1 Å². The second-order valence-electron chi connectivity index (χ2n) is 13.7. The first-order valence-electron chi connectivity index (χ1n) is 16.7. The lowest BCUT2D eigenvalue weighted by atomic mass is 9.82. The molecule has 6 rings (SSSR count). The van der Waals surface area contributed by atoms with Crippen LogP contribution >= 0.6 is 0 Å². The molecule has 3 heterocycles. The molecule has 0 radical (unpaired) electrons. The molecule has 0 aromatic heterocycles. The van der Waals surface area contributed by atoms with Gasteiger partial charge in [-0.15, -0.1) is 0 Å². The number of amides is 3. The van der Waals surface area contributed by atoms with Gasteiger partial charge < -0.3 is 29.2 Å². The Kier molecular flexibility index (Phi) is 9.51. The molecular formula is C37H43N3O8Si. The van der Waals surface area contributed by atoms with Crippen LogP contribution in [0, 0.1) is 5.92 Å². The molecule has 0 bridgehead atoms. The highest BCUT2D eigenvalue weighted by molar-refractivity contribution is 6.71. The van der Waals surface area contributed by atoms with E-state index in [2.05, 4.69) is 0 Å². The standard InChI is InChI=1S/C37H43N3O8Si/c1-24-35(49(3,4)46)31(20-32(43)38(17-18-41)22-26-11-6-5-7-12-26)48-37(24)29-15-8-9-16-30(29)39(36(37)45)23-27-13-10-14-28(19-27)40-33(44)21-34(40)47-25(2)42/h5-16,19,24,31,34-35,41,46H,17-18,20-23H2,1-4H3/t24-,31+,34?,35-,37+/m1/s1. The lowest BCUT2D eigenvalue weighted by molar-refractivity contribution is -0.154. The maximum absolute atomic E-state index is 14.8. The molecule has 0 aliphatic carbocycles. The van der Waals surface area contributed by atoms with Crippen LogP contribution < -0.4 is 9.80 Å². The number of aliphatic hydroxyl groups is 1. The number of anilines is 2. The van der Waals surface area contributed by atoms with E-state index < -0.39 is 43.7 Å². The Bertz CT molecular complexity index is 1750. The number of nitrogens with zero attached hydrogens (tertiary/aromatic N) is 3. The molecule has 0 saturated carbocycles. The zero-order valence-corrected chi connectivity index (χ0v) is 29.2. The predicted molar refractivity (Wildman–Crippen MR) is 184 cm³/mol. The Hall–Kier alpha value is -4.36. The van der Waals surface area contributed by atoms with Gasteiger partial charge in [-0.1, -0.05) is 67.6 Å². The fraction of sp³-hybridized carbons (Fsp3) is 0.405. The minimum atomic E-state index is -3.02. The Balaban J connectivity index is 1.29. The van der Waals surface area contributed by atoms with E-state index in [0.717, 1.165) is 11.1 Å². The summed E-state index contributed by atoms with van der Waals surface area (Å²) >= 11 is 0. The normalized spacial score (nSPS) is 24.6. The van der Waals surface area contributed by atoms with Gasteiger partial charge in [0, 0.05) is 42.7 Å². The number of aliphatic hydroxyl groups excluding tert-OH is 1. The van der Waals surface area contributed by atoms with Crippen LogP contribution in [0.1, 0.15) is 43.4 Å². The number of benzene rings is 3. The van der Waals surface area contributed by atoms with Crippen molar-refractivity contribution in [1.29, 1.82) is 0 Å². The zero-order chi connectivity index (χ0) is 35.1. The van der Waals surface area contributed by atoms with Gasteiger partial charge in [0.2, 0.25) is 11.8 Å². The van der Waals surface area contributed by atoms with Crippen LogP contribution in [0.15, 0.2) is 78.9 Å². The van der Waals surface area contributed by atoms with Crippen molar-refractivity contribution in [2.45, 2.75) is 76.3 Å². The third-order valence-electron chi connectivity index (χ3n) is 9.94. The average molecular weight is 686 g/mol. The van der Waals surface area contributed by atoms with Crippen LogP contribution in [0.4, 0.5) is 11.4 Å². The molecule has 3 aliphatic rings. The molecule has 12 heteroatoms. The highest BCUT2D eigenvalue weighted by Crippen LogP contribution is 2.59. The van der Waals surface area contributed by atoms with Crippen molar-refractivity contribution in [3.8, 4) is 0 Å². The quantitative estimate of drug-likeness (QED) is 0.175. The molecule has 1 unspecified atom stereocenters. The molecule has 2 fully saturated rings. The van der Waals surface area contributed by atoms with Crippen molar-refractivity contribution in [2.24, 2.45) is 5.92 Å². The van der Waals surface area contributed by atoms with Crippen LogP contribution in [0.5, 0.6) is 0 Å². The minimum Gasteiger partial charge on any atom is -0.441 e. The van der Waals surface area contributed by atoms with Crippen LogP contribution in [-0.4, -0.2) is 72.3 Å². The monoisotopic (exact) mass is 685 g/mol. The van der Waals surface area contributed by atoms with Gasteiger partial charge in [-0.25, -0.2) is 0 Å². The minimum absolute atomic E-state index is 0.0502. The van der Waals surface area contributed by atoms with E-state index in [4.69, 9.17) is 9.47 Å². The summed E-state index contributed by atoms with van der Waals surface area (Å²) in [4.78, 5) is 69.0. The van der Waals surface area contributed by atoms with Crippen molar-refractivity contribution in [1.82, 2.24) is 4.90 Å². The number of ether oxygens (including phenoxy) is 2. The molecule has 3 aromatic rings. The highest BCUT2D eigenvalue weighted by Gasteiger charge is 2.66. The number of hydrogen-bond donors (Lipinski definition) is 2. The number of hydrogen-bond acceptors (Lipinski definition) is 8. The van der Waals surface area contributed by atoms with Gasteiger partial charge in [-0.05, 0) is 42.4 Å². The van der Waals surface area contributed by atoms with Crippen molar-refractivity contribution in [2.75, 3.05) is 23.0 Å². The molecule has 49 heavy (non-hydrogen) atoms. The van der Waals surface area contributed by atoms with Gasteiger partial charge in [0.1, 0.15) is 0 Å². The van der Waals surface area contributed by atoms with Gasteiger partial charge in [0.25, 0.3) is 5.91 Å². The number of fused-ring (bicyclic) bond motifs is 2. The van der Waals surface area contributed by atoms with Crippen LogP contribution in [0.3, 0.4) is 0 Å². The summed E-state index contributed by atoms with van der Waals surface area (Å²) < 4.78 is 12.1. The third kappa shape index (κ3) is 6.41. The lowest BCUT2D eigenvalue weighted by Gasteiger charge is -2.39. The van der Waals surface area contributed by atoms with Crippen molar-refractivity contribution in [3.05, 3.63) is 95.6 Å². The number of carbonyl (C=O) groups is 4. The molecule has 3 amide bonds. The molecule has 2 saturated heterocycles. The summed E-state index contributed by atoms with van der Waals surface area (Å²) in [5.74, 6) is -1.60. The topological polar surface area (TPSA) is 137 Å². The molecule has 1 spiro atoms. The summed E-state index contributed by atoms with van der Waals surface area (Å²) in [7, 11) is -3.02. The predicted octanol–water partition coefficient (Wildman–Crippen LogP) is 4.07. The summed E-state index contributed by atoms with van der Waals surface area (Å²) in [5.41, 5.74) is 1.74. The average Bonchev–Trinajstić information content (AvgIpc) is 3.47. The Labute approximate surface area is 287 Å². The Morgan fingerprint density at radius 1 is 1.02 bits per heavy atom. The maximum atomic E-state index is 14.8. The van der Waals surface area contributed by atoms with Crippen LogP contribution in [-0.2, 0) is 47.3 Å². The number of esters is 1. The molecular weight excluding hydrogens is 643 g/mol. The summed E-state index contributed by atoms with van der Waals surface area (Å²) in [6.07, 6.45) is -1.35. The van der Waals surface area contributed by atoms with Gasteiger partial charge in [0.15, 0.2) is 20.1 Å². The lowest BCUT2D eigenvalue weighted by Crippen LogP contribution is -2.54. The highest BCUT2D eigenvalue weighted by atomic mass is 28.4. The smallest absolute Gasteiger partial charge is 0.304 e. The SMILES string of the molecule is CC(=O)OC1CC(=O)N1c1cccc(CN2C(=O)[C@@]3(O[C@@H](CC(=O)N(CCO)Cc4ccccc4)[C@H]([Si](C)(C)O)[C@H]3C)c3ccccc32)c1. The van der Waals surface area contributed by atoms with Crippen molar-refractivity contribution in [3.63, 3.8) is 0 Å². The van der Waals surface area contributed by atoms with Gasteiger partial charge in [-0.2, -0.15) is 0 Å². The Morgan fingerprint density at radius 3 is 2.39 bits per heavy atom. The molecule has 11 nitrogen and oxygen atoms in total. The van der Waals surface area contributed by atoms with E-state index in [9.17, 15) is 29.1 Å². The van der Waals surface area contributed by atoms with E-state index in [1.54, 1.807) is 21.9 Å². The van der Waals surface area contributed by atoms with E-state index >= 15 is 0 Å². The van der Waals surface area contributed by atoms with Crippen LogP contribution in [0.25, 0.3) is 0 Å². The number of para-hydroxylation sites is 1. The molecule has 3 aromatic carbocycles. The van der Waals surface area contributed by atoms with Gasteiger partial charge >= 0.3 is 5.97 Å². The second-order valence-corrected chi connectivity index (χ2v) is 17.7. The molecule has 2 N–H and O–H groups in total. The molecule has 258 valence electrons. The van der Waals surface area contributed by atoms with E-state index in [-0.39, 0.29) is 50.3 Å². The summed E-state index contributed by atoms with van der Waals surface area (Å²) in [6, 6.07) is 24.2.